The molecule has 0 radical (unpaired) electrons. The molecule has 28 heavy (non-hydrogen) atoms. The number of furan rings is 1. The van der Waals surface area contributed by atoms with Gasteiger partial charge < -0.3 is 8.94 Å². The van der Waals surface area contributed by atoms with Gasteiger partial charge in [-0.15, -0.1) is 0 Å². The van der Waals surface area contributed by atoms with Crippen molar-refractivity contribution in [3.63, 3.8) is 0 Å². The van der Waals surface area contributed by atoms with Crippen molar-refractivity contribution in [1.29, 1.82) is 0 Å². The largest absolute Gasteiger partial charge is 0.452 e. The maximum absolute atomic E-state index is 12.6. The molecule has 1 saturated carbocycles. The van der Waals surface area contributed by atoms with E-state index in [9.17, 15) is 21.6 Å². The van der Waals surface area contributed by atoms with E-state index in [1.807, 2.05) is 37.3 Å². The van der Waals surface area contributed by atoms with Crippen molar-refractivity contribution >= 4 is 10.0 Å². The van der Waals surface area contributed by atoms with Crippen molar-refractivity contribution in [1.82, 2.24) is 9.88 Å². The number of hydrogen-bond donors (Lipinski definition) is 1. The van der Waals surface area contributed by atoms with Crippen LogP contribution in [0.25, 0.3) is 11.5 Å². The molecule has 3 atom stereocenters. The second-order valence-electron chi connectivity index (χ2n) is 6.64. The number of benzene rings is 1. The van der Waals surface area contributed by atoms with E-state index in [0.717, 1.165) is 5.56 Å². The van der Waals surface area contributed by atoms with Crippen LogP contribution < -0.4 is 4.72 Å². The normalized spacial score (nSPS) is 22.4. The monoisotopic (exact) mass is 412 g/mol. The number of alkyl halides is 3. The first-order valence-corrected chi connectivity index (χ1v) is 9.86. The molecule has 3 aromatic rings. The highest BCUT2D eigenvalue weighted by atomic mass is 32.2. The Morgan fingerprint density at radius 1 is 1.11 bits per heavy atom. The molecule has 0 spiro atoms. The zero-order valence-electron chi connectivity index (χ0n) is 14.5. The highest BCUT2D eigenvalue weighted by Gasteiger charge is 2.50. The van der Waals surface area contributed by atoms with Crippen LogP contribution >= 0.6 is 0 Å². The van der Waals surface area contributed by atoms with Gasteiger partial charge in [-0.25, -0.2) is 13.1 Å². The molecule has 1 aliphatic rings. The molecule has 1 aliphatic carbocycles. The van der Waals surface area contributed by atoms with Crippen LogP contribution in [0.5, 0.6) is 0 Å². The van der Waals surface area contributed by atoms with Gasteiger partial charge in [-0.2, -0.15) is 13.2 Å². The molecular formula is C18H15F3N2O4S. The van der Waals surface area contributed by atoms with Gasteiger partial charge in [0.25, 0.3) is 10.0 Å². The lowest BCUT2D eigenvalue weighted by atomic mass is 10.1. The molecule has 1 fully saturated rings. The predicted octanol–water partition coefficient (Wildman–Crippen LogP) is 4.03. The minimum absolute atomic E-state index is 0.0512. The molecule has 1 aromatic carbocycles. The Morgan fingerprint density at radius 2 is 1.82 bits per heavy atom. The Bertz CT molecular complexity index is 1090. The topological polar surface area (TPSA) is 85.3 Å². The van der Waals surface area contributed by atoms with Gasteiger partial charge in [0, 0.05) is 18.0 Å². The molecule has 2 heterocycles. The molecule has 10 heteroatoms. The zero-order chi connectivity index (χ0) is 20.1. The molecule has 2 aromatic heterocycles. The molecule has 0 aliphatic heterocycles. The molecule has 1 N–H and O–H groups in total. The second kappa shape index (κ2) is 6.49. The number of sulfonamides is 1. The van der Waals surface area contributed by atoms with Crippen LogP contribution in [0, 0.1) is 5.92 Å². The summed E-state index contributed by atoms with van der Waals surface area (Å²) in [5.74, 6) is -1.27. The summed E-state index contributed by atoms with van der Waals surface area (Å²) in [5.41, 5.74) is 0.792. The van der Waals surface area contributed by atoms with Crippen molar-refractivity contribution in [3.05, 3.63) is 59.9 Å². The van der Waals surface area contributed by atoms with Crippen LogP contribution in [0.3, 0.4) is 0 Å². The van der Waals surface area contributed by atoms with Gasteiger partial charge in [0.2, 0.25) is 10.9 Å². The molecule has 0 amide bonds. The van der Waals surface area contributed by atoms with E-state index in [4.69, 9.17) is 4.42 Å². The molecule has 148 valence electrons. The van der Waals surface area contributed by atoms with E-state index in [1.54, 1.807) is 0 Å². The van der Waals surface area contributed by atoms with Gasteiger partial charge in [-0.1, -0.05) is 42.4 Å². The fourth-order valence-electron chi connectivity index (χ4n) is 3.19. The minimum Gasteiger partial charge on any atom is -0.441 e. The van der Waals surface area contributed by atoms with Crippen molar-refractivity contribution < 1.29 is 30.5 Å². The Hall–Kier alpha value is -2.59. The molecule has 4 rings (SSSR count). The van der Waals surface area contributed by atoms with E-state index in [-0.39, 0.29) is 29.3 Å². The van der Waals surface area contributed by atoms with Crippen LogP contribution in [0.2, 0.25) is 0 Å². The average Bonchev–Trinajstić information content (AvgIpc) is 3.10. The lowest BCUT2D eigenvalue weighted by Crippen LogP contribution is -2.27. The van der Waals surface area contributed by atoms with Crippen molar-refractivity contribution in [3.8, 4) is 11.5 Å². The number of nitrogens with zero attached hydrogens (tertiary/aromatic N) is 1. The Labute approximate surface area is 158 Å². The first-order chi connectivity index (χ1) is 13.2. The lowest BCUT2D eigenvalue weighted by Gasteiger charge is -2.04. The first-order valence-electron chi connectivity index (χ1n) is 8.38. The van der Waals surface area contributed by atoms with Gasteiger partial charge in [0.1, 0.15) is 5.69 Å². The third kappa shape index (κ3) is 3.45. The van der Waals surface area contributed by atoms with E-state index >= 15 is 0 Å². The average molecular weight is 412 g/mol. The third-order valence-corrected chi connectivity index (χ3v) is 6.07. The van der Waals surface area contributed by atoms with Gasteiger partial charge in [-0.3, -0.25) is 0 Å². The third-order valence-electron chi connectivity index (χ3n) is 4.74. The molecule has 6 nitrogen and oxygen atoms in total. The Balaban J connectivity index is 1.51. The quantitative estimate of drug-likeness (QED) is 0.684. The highest BCUT2D eigenvalue weighted by Crippen LogP contribution is 2.48. The molecule has 0 saturated heterocycles. The smallest absolute Gasteiger partial charge is 0.441 e. The minimum atomic E-state index is -4.69. The summed E-state index contributed by atoms with van der Waals surface area (Å²) in [6.07, 6.45) is -4.69. The van der Waals surface area contributed by atoms with Gasteiger partial charge >= 0.3 is 6.18 Å². The fourth-order valence-corrected chi connectivity index (χ4v) is 4.48. The van der Waals surface area contributed by atoms with Crippen molar-refractivity contribution in [2.45, 2.75) is 30.2 Å². The van der Waals surface area contributed by atoms with E-state index in [1.165, 1.54) is 12.1 Å². The van der Waals surface area contributed by atoms with Crippen LogP contribution in [0.15, 0.2) is 62.6 Å². The summed E-state index contributed by atoms with van der Waals surface area (Å²) >= 11 is 0. The van der Waals surface area contributed by atoms with E-state index < -0.39 is 27.1 Å². The summed E-state index contributed by atoms with van der Waals surface area (Å²) in [6, 6.07) is 12.3. The van der Waals surface area contributed by atoms with Crippen LogP contribution in [0.4, 0.5) is 13.2 Å². The predicted molar refractivity (Wildman–Crippen MR) is 91.7 cm³/mol. The summed E-state index contributed by atoms with van der Waals surface area (Å²) in [5, 5.41) is 2.88. The van der Waals surface area contributed by atoms with Crippen LogP contribution in [0.1, 0.15) is 24.2 Å². The van der Waals surface area contributed by atoms with E-state index in [2.05, 4.69) is 14.4 Å². The van der Waals surface area contributed by atoms with Gasteiger partial charge in [0.15, 0.2) is 5.76 Å². The zero-order valence-corrected chi connectivity index (χ0v) is 15.3. The molecular weight excluding hydrogens is 397 g/mol. The van der Waals surface area contributed by atoms with Gasteiger partial charge in [0.05, 0.1) is 0 Å². The SMILES string of the molecule is C[C@H]1[C@H](NS(=O)(=O)c2ccc(-c3cc(C(F)(F)F)on3)o2)[C@H]1c1ccccc1. The highest BCUT2D eigenvalue weighted by molar-refractivity contribution is 7.89. The number of nitrogens with one attached hydrogen (secondary N) is 1. The van der Waals surface area contributed by atoms with Gasteiger partial charge in [-0.05, 0) is 23.6 Å². The number of rotatable bonds is 5. The summed E-state index contributed by atoms with van der Waals surface area (Å²) in [7, 11) is -3.98. The Kier molecular flexibility index (Phi) is 4.35. The van der Waals surface area contributed by atoms with Crippen LogP contribution in [-0.2, 0) is 16.2 Å². The van der Waals surface area contributed by atoms with E-state index in [0.29, 0.717) is 6.07 Å². The first kappa shape index (κ1) is 18.8. The summed E-state index contributed by atoms with van der Waals surface area (Å²) in [4.78, 5) is 0. The molecule has 0 unspecified atom stereocenters. The number of hydrogen-bond acceptors (Lipinski definition) is 5. The van der Waals surface area contributed by atoms with Crippen molar-refractivity contribution in [2.75, 3.05) is 0 Å². The number of aromatic nitrogens is 1. The summed E-state index contributed by atoms with van der Waals surface area (Å²) < 4.78 is 75.0. The summed E-state index contributed by atoms with van der Waals surface area (Å²) in [6.45, 7) is 1.94. The number of halogens is 3. The second-order valence-corrected chi connectivity index (χ2v) is 8.28. The lowest BCUT2D eigenvalue weighted by molar-refractivity contribution is -0.155. The maximum Gasteiger partial charge on any atom is 0.452 e. The van der Waals surface area contributed by atoms with Crippen LogP contribution in [-0.4, -0.2) is 19.6 Å². The van der Waals surface area contributed by atoms with Crippen molar-refractivity contribution in [2.24, 2.45) is 5.92 Å². The maximum atomic E-state index is 12.6. The standard InChI is InChI=1S/C18H15F3N2O4S/c1-10-16(11-5-3-2-4-6-11)17(10)23-28(24,25)15-8-7-13(26-15)12-9-14(27-22-12)18(19,20)21/h2-10,16-17,23H,1H3/t10-,16-,17+/m1/s1. The fraction of sp³-hybridized carbons (Fsp3) is 0.278. The molecule has 0 bridgehead atoms. The Morgan fingerprint density at radius 3 is 2.46 bits per heavy atom.